The highest BCUT2D eigenvalue weighted by Crippen LogP contribution is 2.34. The summed E-state index contributed by atoms with van der Waals surface area (Å²) in [6.07, 6.45) is 4.23. The molecule has 0 aliphatic heterocycles. The first-order valence-electron chi connectivity index (χ1n) is 7.42. The maximum Gasteiger partial charge on any atom is 0.338 e. The monoisotopic (exact) mass is 375 g/mol. The average molecular weight is 376 g/mol. The van der Waals surface area contributed by atoms with Crippen molar-refractivity contribution in [1.29, 1.82) is 0 Å². The van der Waals surface area contributed by atoms with E-state index in [0.717, 1.165) is 34.4 Å². The SMILES string of the molecule is CC.CCCCNc1cc(C(=O)OCC)cc(SC)c1Br. The number of halogens is 1. The maximum absolute atomic E-state index is 11.8. The summed E-state index contributed by atoms with van der Waals surface area (Å²) in [6, 6.07) is 3.70. The number of unbranched alkanes of at least 4 members (excludes halogenated alkanes) is 1. The van der Waals surface area contributed by atoms with Gasteiger partial charge in [-0.25, -0.2) is 4.79 Å². The standard InChI is InChI=1S/C14H20BrNO2S.C2H6/c1-4-6-7-16-11-8-10(14(17)18-5-2)9-12(19-3)13(11)15;1-2/h8-9,16H,4-7H2,1-3H3;1-2H3. The van der Waals surface area contributed by atoms with Gasteiger partial charge in [-0.05, 0) is 47.7 Å². The van der Waals surface area contributed by atoms with Crippen molar-refractivity contribution < 1.29 is 9.53 Å². The molecule has 5 heteroatoms. The summed E-state index contributed by atoms with van der Waals surface area (Å²) in [5.41, 5.74) is 1.54. The first kappa shape index (κ1) is 20.3. The molecule has 1 rings (SSSR count). The molecular formula is C16H26BrNO2S. The Morgan fingerprint density at radius 3 is 2.52 bits per heavy atom. The van der Waals surface area contributed by atoms with Crippen molar-refractivity contribution in [2.45, 2.75) is 45.4 Å². The van der Waals surface area contributed by atoms with Gasteiger partial charge < -0.3 is 10.1 Å². The number of esters is 1. The van der Waals surface area contributed by atoms with Crippen LogP contribution in [-0.2, 0) is 4.74 Å². The van der Waals surface area contributed by atoms with Crippen LogP contribution in [0.4, 0.5) is 5.69 Å². The molecule has 0 aliphatic carbocycles. The number of anilines is 1. The molecule has 0 heterocycles. The first-order chi connectivity index (χ1) is 10.1. The molecule has 21 heavy (non-hydrogen) atoms. The van der Waals surface area contributed by atoms with E-state index in [2.05, 4.69) is 28.2 Å². The second-order valence-corrected chi connectivity index (χ2v) is 5.68. The second-order valence-electron chi connectivity index (χ2n) is 4.04. The fourth-order valence-corrected chi connectivity index (χ4v) is 3.00. The molecule has 0 amide bonds. The summed E-state index contributed by atoms with van der Waals surface area (Å²) in [5.74, 6) is -0.274. The predicted octanol–water partition coefficient (Wildman–Crippen LogP) is 5.59. The maximum atomic E-state index is 11.8. The number of rotatable bonds is 7. The third-order valence-electron chi connectivity index (χ3n) is 2.62. The van der Waals surface area contributed by atoms with Crippen LogP contribution in [0.3, 0.4) is 0 Å². The normalized spacial score (nSPS) is 9.62. The van der Waals surface area contributed by atoms with Crippen molar-refractivity contribution in [3.8, 4) is 0 Å². The summed E-state index contributed by atoms with van der Waals surface area (Å²) < 4.78 is 6.06. The molecule has 3 nitrogen and oxygen atoms in total. The van der Waals surface area contributed by atoms with E-state index in [9.17, 15) is 4.79 Å². The van der Waals surface area contributed by atoms with Crippen molar-refractivity contribution >= 4 is 39.3 Å². The van der Waals surface area contributed by atoms with Gasteiger partial charge in [0.2, 0.25) is 0 Å². The molecule has 0 radical (unpaired) electrons. The molecule has 1 aromatic rings. The van der Waals surface area contributed by atoms with Crippen molar-refractivity contribution in [3.05, 3.63) is 22.2 Å². The summed E-state index contributed by atoms with van der Waals surface area (Å²) in [7, 11) is 0. The highest BCUT2D eigenvalue weighted by Gasteiger charge is 2.13. The number of thioether (sulfide) groups is 1. The van der Waals surface area contributed by atoms with Gasteiger partial charge >= 0.3 is 5.97 Å². The Hall–Kier alpha value is -0.680. The Morgan fingerprint density at radius 2 is 2.00 bits per heavy atom. The molecule has 0 saturated heterocycles. The van der Waals surface area contributed by atoms with Gasteiger partial charge in [0, 0.05) is 11.4 Å². The number of carbonyl (C=O) groups is 1. The Bertz CT molecular complexity index is 439. The van der Waals surface area contributed by atoms with Crippen LogP contribution in [0.1, 0.15) is 50.9 Å². The van der Waals surface area contributed by atoms with Crippen LogP contribution >= 0.6 is 27.7 Å². The topological polar surface area (TPSA) is 38.3 Å². The zero-order chi connectivity index (χ0) is 16.3. The molecular weight excluding hydrogens is 350 g/mol. The lowest BCUT2D eigenvalue weighted by atomic mass is 10.2. The van der Waals surface area contributed by atoms with Gasteiger partial charge in [-0.15, -0.1) is 11.8 Å². The molecule has 1 N–H and O–H groups in total. The number of ether oxygens (including phenoxy) is 1. The van der Waals surface area contributed by atoms with Crippen molar-refractivity contribution in [1.82, 2.24) is 0 Å². The quantitative estimate of drug-likeness (QED) is 0.383. The number of hydrogen-bond acceptors (Lipinski definition) is 4. The van der Waals surface area contributed by atoms with E-state index >= 15 is 0 Å². The number of benzene rings is 1. The fourth-order valence-electron chi connectivity index (χ4n) is 1.61. The second kappa shape index (κ2) is 11.9. The van der Waals surface area contributed by atoms with Crippen LogP contribution in [0.5, 0.6) is 0 Å². The minimum absolute atomic E-state index is 0.274. The van der Waals surface area contributed by atoms with Crippen LogP contribution < -0.4 is 5.32 Å². The number of carbonyl (C=O) groups excluding carboxylic acids is 1. The third kappa shape index (κ3) is 6.74. The largest absolute Gasteiger partial charge is 0.462 e. The van der Waals surface area contributed by atoms with Crippen molar-refractivity contribution in [2.24, 2.45) is 0 Å². The highest BCUT2D eigenvalue weighted by atomic mass is 79.9. The summed E-state index contributed by atoms with van der Waals surface area (Å²) in [4.78, 5) is 12.9. The first-order valence-corrected chi connectivity index (χ1v) is 9.44. The van der Waals surface area contributed by atoms with E-state index in [0.29, 0.717) is 12.2 Å². The van der Waals surface area contributed by atoms with Gasteiger partial charge in [-0.2, -0.15) is 0 Å². The van der Waals surface area contributed by atoms with Gasteiger partial charge in [0.1, 0.15) is 0 Å². The minimum atomic E-state index is -0.274. The van der Waals surface area contributed by atoms with Crippen LogP contribution in [0.2, 0.25) is 0 Å². The van der Waals surface area contributed by atoms with E-state index in [1.807, 2.05) is 39.2 Å². The molecule has 0 spiro atoms. The van der Waals surface area contributed by atoms with Crippen LogP contribution in [0.25, 0.3) is 0 Å². The zero-order valence-electron chi connectivity index (χ0n) is 13.6. The Labute approximate surface area is 141 Å². The molecule has 0 aromatic heterocycles. The van der Waals surface area contributed by atoms with Crippen LogP contribution in [0.15, 0.2) is 21.5 Å². The molecule has 0 atom stereocenters. The zero-order valence-corrected chi connectivity index (χ0v) is 16.0. The molecule has 0 aliphatic rings. The lowest BCUT2D eigenvalue weighted by Gasteiger charge is -2.13. The van der Waals surface area contributed by atoms with E-state index in [-0.39, 0.29) is 5.97 Å². The van der Waals surface area contributed by atoms with E-state index in [1.54, 1.807) is 11.8 Å². The number of nitrogens with one attached hydrogen (secondary N) is 1. The van der Waals surface area contributed by atoms with E-state index < -0.39 is 0 Å². The Kier molecular flexibility index (Phi) is 11.5. The van der Waals surface area contributed by atoms with Crippen LogP contribution in [0, 0.1) is 0 Å². The van der Waals surface area contributed by atoms with Crippen LogP contribution in [-0.4, -0.2) is 25.4 Å². The fraction of sp³-hybridized carbons (Fsp3) is 0.562. The average Bonchev–Trinajstić information content (AvgIpc) is 2.51. The lowest BCUT2D eigenvalue weighted by molar-refractivity contribution is 0.0526. The lowest BCUT2D eigenvalue weighted by Crippen LogP contribution is -2.08. The summed E-state index contributed by atoms with van der Waals surface area (Å²) >= 11 is 5.18. The molecule has 1 aromatic carbocycles. The van der Waals surface area contributed by atoms with Crippen molar-refractivity contribution in [2.75, 3.05) is 24.7 Å². The van der Waals surface area contributed by atoms with Gasteiger partial charge in [0.25, 0.3) is 0 Å². The molecule has 120 valence electrons. The van der Waals surface area contributed by atoms with Gasteiger partial charge in [-0.1, -0.05) is 27.2 Å². The molecule has 0 unspecified atom stereocenters. The molecule has 0 bridgehead atoms. The molecule has 0 saturated carbocycles. The number of hydrogen-bond donors (Lipinski definition) is 1. The van der Waals surface area contributed by atoms with Crippen molar-refractivity contribution in [3.63, 3.8) is 0 Å². The van der Waals surface area contributed by atoms with Gasteiger partial charge in [0.05, 0.1) is 22.3 Å². The molecule has 0 fully saturated rings. The summed E-state index contributed by atoms with van der Waals surface area (Å²) in [5, 5.41) is 3.36. The Balaban J connectivity index is 0.00000191. The van der Waals surface area contributed by atoms with Gasteiger partial charge in [0.15, 0.2) is 0 Å². The van der Waals surface area contributed by atoms with Gasteiger partial charge in [-0.3, -0.25) is 0 Å². The van der Waals surface area contributed by atoms with E-state index in [4.69, 9.17) is 4.74 Å². The smallest absolute Gasteiger partial charge is 0.338 e. The Morgan fingerprint density at radius 1 is 1.33 bits per heavy atom. The van der Waals surface area contributed by atoms with E-state index in [1.165, 1.54) is 0 Å². The minimum Gasteiger partial charge on any atom is -0.462 e. The highest BCUT2D eigenvalue weighted by molar-refractivity contribution is 9.10. The third-order valence-corrected chi connectivity index (χ3v) is 4.49. The predicted molar refractivity (Wildman–Crippen MR) is 96.6 cm³/mol. The summed E-state index contributed by atoms with van der Waals surface area (Å²) in [6.45, 7) is 9.25.